The van der Waals surface area contributed by atoms with Gasteiger partial charge < -0.3 is 10.1 Å². The van der Waals surface area contributed by atoms with E-state index < -0.39 is 0 Å². The van der Waals surface area contributed by atoms with Gasteiger partial charge in [-0.2, -0.15) is 0 Å². The smallest absolute Gasteiger partial charge is 0.146 e. The summed E-state index contributed by atoms with van der Waals surface area (Å²) in [6, 6.07) is 4.89. The molecule has 0 aliphatic carbocycles. The summed E-state index contributed by atoms with van der Waals surface area (Å²) in [6.07, 6.45) is 2.25. The maximum Gasteiger partial charge on any atom is 0.146 e. The molecule has 1 fully saturated rings. The molecule has 0 amide bonds. The number of halogens is 2. The number of rotatable bonds is 3. The number of hydrogen-bond donors (Lipinski definition) is 1. The largest absolute Gasteiger partial charge is 0.380 e. The fraction of sp³-hybridized carbons (Fsp3) is 0.538. The van der Waals surface area contributed by atoms with Gasteiger partial charge in [-0.3, -0.25) is 0 Å². The molecule has 2 nitrogen and oxygen atoms in total. The van der Waals surface area contributed by atoms with Gasteiger partial charge in [0.1, 0.15) is 5.82 Å². The number of benzene rings is 1. The van der Waals surface area contributed by atoms with Crippen LogP contribution in [0.3, 0.4) is 0 Å². The predicted molar refractivity (Wildman–Crippen MR) is 70.8 cm³/mol. The van der Waals surface area contributed by atoms with Gasteiger partial charge in [0.2, 0.25) is 0 Å². The predicted octanol–water partition coefficient (Wildman–Crippen LogP) is 3.96. The molecular weight excluding hydrogens is 285 g/mol. The molecule has 1 N–H and O–H groups in total. The van der Waals surface area contributed by atoms with Crippen LogP contribution < -0.4 is 5.32 Å². The minimum atomic E-state index is -0.231. The molecule has 0 spiro atoms. The van der Waals surface area contributed by atoms with E-state index in [1.165, 1.54) is 6.07 Å². The number of anilines is 1. The van der Waals surface area contributed by atoms with E-state index in [1.807, 2.05) is 0 Å². The average molecular weight is 302 g/mol. The molecule has 1 heterocycles. The van der Waals surface area contributed by atoms with Crippen molar-refractivity contribution in [1.29, 1.82) is 0 Å². The maximum absolute atomic E-state index is 13.5. The molecule has 0 saturated carbocycles. The van der Waals surface area contributed by atoms with E-state index in [0.717, 1.165) is 17.3 Å². The van der Waals surface area contributed by atoms with Crippen LogP contribution in [0.2, 0.25) is 0 Å². The van der Waals surface area contributed by atoms with Gasteiger partial charge in [0.05, 0.1) is 17.4 Å². The molecule has 4 heteroatoms. The van der Waals surface area contributed by atoms with E-state index in [4.69, 9.17) is 4.74 Å². The van der Waals surface area contributed by atoms with Crippen molar-refractivity contribution in [3.05, 3.63) is 28.5 Å². The van der Waals surface area contributed by atoms with Gasteiger partial charge in [-0.05, 0) is 44.9 Å². The van der Waals surface area contributed by atoms with Crippen LogP contribution >= 0.6 is 15.9 Å². The second-order valence-electron chi connectivity index (χ2n) is 5.04. The van der Waals surface area contributed by atoms with Gasteiger partial charge in [-0.25, -0.2) is 4.39 Å². The van der Waals surface area contributed by atoms with Crippen LogP contribution in [-0.4, -0.2) is 18.2 Å². The summed E-state index contributed by atoms with van der Waals surface area (Å²) in [5.41, 5.74) is 0.481. The Hall–Kier alpha value is -0.610. The van der Waals surface area contributed by atoms with Crippen molar-refractivity contribution in [1.82, 2.24) is 0 Å². The molecule has 1 aromatic rings. The van der Waals surface area contributed by atoms with Gasteiger partial charge in [0, 0.05) is 11.0 Å². The Kier molecular flexibility index (Phi) is 3.73. The third-order valence-corrected chi connectivity index (χ3v) is 3.50. The van der Waals surface area contributed by atoms with Crippen LogP contribution in [0.4, 0.5) is 10.1 Å². The zero-order chi connectivity index (χ0) is 12.5. The van der Waals surface area contributed by atoms with Crippen LogP contribution in [-0.2, 0) is 4.74 Å². The highest BCUT2D eigenvalue weighted by molar-refractivity contribution is 9.10. The molecule has 2 rings (SSSR count). The van der Waals surface area contributed by atoms with E-state index >= 15 is 0 Å². The first kappa shape index (κ1) is 12.8. The molecule has 1 aliphatic heterocycles. The van der Waals surface area contributed by atoms with E-state index in [-0.39, 0.29) is 17.5 Å². The first-order valence-corrected chi connectivity index (χ1v) is 6.62. The van der Waals surface area contributed by atoms with Crippen molar-refractivity contribution < 1.29 is 9.13 Å². The van der Waals surface area contributed by atoms with Crippen LogP contribution in [0.25, 0.3) is 0 Å². The van der Waals surface area contributed by atoms with Crippen molar-refractivity contribution in [2.45, 2.75) is 38.4 Å². The minimum absolute atomic E-state index is 0.0395. The van der Waals surface area contributed by atoms with E-state index in [9.17, 15) is 4.39 Å². The normalized spacial score (nSPS) is 22.7. The fourth-order valence-electron chi connectivity index (χ4n) is 2.08. The molecule has 1 aliphatic rings. The van der Waals surface area contributed by atoms with E-state index in [2.05, 4.69) is 35.1 Å². The molecule has 94 valence electrons. The molecule has 1 aromatic carbocycles. The lowest BCUT2D eigenvalue weighted by Gasteiger charge is -2.20. The third kappa shape index (κ3) is 3.42. The first-order valence-electron chi connectivity index (χ1n) is 5.83. The number of nitrogens with one attached hydrogen (secondary N) is 1. The van der Waals surface area contributed by atoms with E-state index in [0.29, 0.717) is 12.2 Å². The molecule has 1 unspecified atom stereocenters. The van der Waals surface area contributed by atoms with Gasteiger partial charge in [-0.15, -0.1) is 0 Å². The Bertz CT molecular complexity index is 408. The Balaban J connectivity index is 1.92. The van der Waals surface area contributed by atoms with Crippen molar-refractivity contribution in [3.8, 4) is 0 Å². The monoisotopic (exact) mass is 301 g/mol. The molecule has 1 atom stereocenters. The molecule has 0 radical (unpaired) electrons. The van der Waals surface area contributed by atoms with Crippen LogP contribution in [0, 0.1) is 5.82 Å². The van der Waals surface area contributed by atoms with Crippen molar-refractivity contribution in [2.75, 3.05) is 11.9 Å². The molecule has 0 aromatic heterocycles. The Morgan fingerprint density at radius 2 is 2.29 bits per heavy atom. The van der Waals surface area contributed by atoms with Gasteiger partial charge in [0.15, 0.2) is 0 Å². The molecular formula is C13H17BrFNO. The van der Waals surface area contributed by atoms with Crippen LogP contribution in [0.15, 0.2) is 22.7 Å². The highest BCUT2D eigenvalue weighted by Gasteiger charge is 2.31. The van der Waals surface area contributed by atoms with Crippen molar-refractivity contribution in [3.63, 3.8) is 0 Å². The van der Waals surface area contributed by atoms with Crippen LogP contribution in [0.1, 0.15) is 26.7 Å². The summed E-state index contributed by atoms with van der Waals surface area (Å²) in [4.78, 5) is 0. The summed E-state index contributed by atoms with van der Waals surface area (Å²) in [7, 11) is 0. The second-order valence-corrected chi connectivity index (χ2v) is 5.96. The fourth-order valence-corrected chi connectivity index (χ4v) is 2.44. The van der Waals surface area contributed by atoms with Crippen molar-refractivity contribution >= 4 is 21.6 Å². The van der Waals surface area contributed by atoms with Gasteiger partial charge in [-0.1, -0.05) is 15.9 Å². The highest BCUT2D eigenvalue weighted by atomic mass is 79.9. The van der Waals surface area contributed by atoms with Gasteiger partial charge >= 0.3 is 0 Å². The molecule has 17 heavy (non-hydrogen) atoms. The minimum Gasteiger partial charge on any atom is -0.380 e. The van der Waals surface area contributed by atoms with Crippen molar-refractivity contribution in [2.24, 2.45) is 0 Å². The zero-order valence-corrected chi connectivity index (χ0v) is 11.7. The second kappa shape index (κ2) is 4.94. The number of hydrogen-bond acceptors (Lipinski definition) is 2. The Morgan fingerprint density at radius 3 is 2.94 bits per heavy atom. The average Bonchev–Trinajstić information content (AvgIpc) is 2.60. The molecule has 1 saturated heterocycles. The highest BCUT2D eigenvalue weighted by Crippen LogP contribution is 2.29. The number of ether oxygens (including phenoxy) is 1. The summed E-state index contributed by atoms with van der Waals surface area (Å²) < 4.78 is 20.2. The lowest BCUT2D eigenvalue weighted by molar-refractivity contribution is -0.00912. The van der Waals surface area contributed by atoms with Gasteiger partial charge in [0.25, 0.3) is 0 Å². The standard InChI is InChI=1S/C13H17BrFNO/c1-13(2)6-5-10(17-13)8-16-12-7-9(14)3-4-11(12)15/h3-4,7,10,16H,5-6,8H2,1-2H3. The summed E-state index contributed by atoms with van der Waals surface area (Å²) >= 11 is 3.33. The summed E-state index contributed by atoms with van der Waals surface area (Å²) in [5.74, 6) is -0.231. The summed E-state index contributed by atoms with van der Waals surface area (Å²) in [6.45, 7) is 4.83. The quantitative estimate of drug-likeness (QED) is 0.912. The van der Waals surface area contributed by atoms with E-state index in [1.54, 1.807) is 12.1 Å². The first-order chi connectivity index (χ1) is 7.96. The Morgan fingerprint density at radius 1 is 1.53 bits per heavy atom. The zero-order valence-electron chi connectivity index (χ0n) is 10.1. The van der Waals surface area contributed by atoms with Crippen LogP contribution in [0.5, 0.6) is 0 Å². The lowest BCUT2D eigenvalue weighted by atomic mass is 10.1. The topological polar surface area (TPSA) is 21.3 Å². The third-order valence-electron chi connectivity index (χ3n) is 3.00. The SMILES string of the molecule is CC1(C)CCC(CNc2cc(Br)ccc2F)O1. The molecule has 0 bridgehead atoms. The Labute approximate surface area is 110 Å². The maximum atomic E-state index is 13.5. The summed E-state index contributed by atoms with van der Waals surface area (Å²) in [5, 5.41) is 3.10. The lowest BCUT2D eigenvalue weighted by Crippen LogP contribution is -2.25.